The zero-order valence-electron chi connectivity index (χ0n) is 10.5. The molecular weight excluding hydrogens is 270 g/mol. The Balaban J connectivity index is 2.51. The van der Waals surface area contributed by atoms with Gasteiger partial charge in [-0.3, -0.25) is 4.79 Å². The predicted molar refractivity (Wildman–Crippen MR) is 67.2 cm³/mol. The summed E-state index contributed by atoms with van der Waals surface area (Å²) in [6, 6.07) is 1.90. The van der Waals surface area contributed by atoms with Crippen LogP contribution in [0.3, 0.4) is 0 Å². The molecule has 5 nitrogen and oxygen atoms in total. The van der Waals surface area contributed by atoms with Gasteiger partial charge in [-0.25, -0.2) is 13.6 Å². The molecule has 2 rings (SSSR count). The van der Waals surface area contributed by atoms with Crippen LogP contribution in [0.25, 0.3) is 10.9 Å². The Hall–Kier alpha value is -2.28. The summed E-state index contributed by atoms with van der Waals surface area (Å²) in [5, 5.41) is 9.38. The summed E-state index contributed by atoms with van der Waals surface area (Å²) in [6.07, 6.45) is 1.07. The average molecular weight is 282 g/mol. The Bertz CT molecular complexity index is 695. The van der Waals surface area contributed by atoms with E-state index in [1.165, 1.54) is 6.20 Å². The number of aromatic amines is 1. The molecule has 0 radical (unpaired) electrons. The lowest BCUT2D eigenvalue weighted by Gasteiger charge is -2.20. The second-order valence-electron chi connectivity index (χ2n) is 4.64. The van der Waals surface area contributed by atoms with Gasteiger partial charge in [-0.05, 0) is 18.6 Å². The van der Waals surface area contributed by atoms with Crippen LogP contribution < -0.4 is 5.73 Å². The molecule has 0 aliphatic heterocycles. The maximum Gasteiger partial charge on any atom is 0.331 e. The Morgan fingerprint density at radius 2 is 1.95 bits per heavy atom. The van der Waals surface area contributed by atoms with Crippen molar-refractivity contribution < 1.29 is 23.5 Å². The van der Waals surface area contributed by atoms with Crippen LogP contribution in [0, 0.1) is 11.6 Å². The van der Waals surface area contributed by atoms with Crippen molar-refractivity contribution in [2.45, 2.75) is 18.9 Å². The molecular formula is C13H12F2N2O3. The number of halogens is 2. The van der Waals surface area contributed by atoms with Crippen LogP contribution in [-0.2, 0) is 16.0 Å². The SMILES string of the molecule is CC(=O)[C@](N)(Cc1c[nH]c2cc(F)c(F)cc12)C(=O)O. The van der Waals surface area contributed by atoms with Crippen molar-refractivity contribution in [3.63, 3.8) is 0 Å². The number of rotatable bonds is 4. The number of ketones is 1. The third-order valence-corrected chi connectivity index (χ3v) is 3.29. The predicted octanol–water partition coefficient (Wildman–Crippen LogP) is 1.36. The quantitative estimate of drug-likeness (QED) is 0.738. The van der Waals surface area contributed by atoms with Crippen molar-refractivity contribution in [3.8, 4) is 0 Å². The van der Waals surface area contributed by atoms with Gasteiger partial charge in [-0.2, -0.15) is 0 Å². The Kier molecular flexibility index (Phi) is 3.31. The highest BCUT2D eigenvalue weighted by molar-refractivity contribution is 6.07. The number of fused-ring (bicyclic) bond motifs is 1. The van der Waals surface area contributed by atoms with Crippen LogP contribution >= 0.6 is 0 Å². The lowest BCUT2D eigenvalue weighted by molar-refractivity contribution is -0.147. The van der Waals surface area contributed by atoms with E-state index in [1.807, 2.05) is 0 Å². The van der Waals surface area contributed by atoms with E-state index < -0.39 is 28.9 Å². The van der Waals surface area contributed by atoms with Gasteiger partial charge in [0.2, 0.25) is 0 Å². The largest absolute Gasteiger partial charge is 0.480 e. The van der Waals surface area contributed by atoms with Gasteiger partial charge >= 0.3 is 5.97 Å². The highest BCUT2D eigenvalue weighted by Gasteiger charge is 2.40. The molecule has 20 heavy (non-hydrogen) atoms. The number of aliphatic carboxylic acids is 1. The van der Waals surface area contributed by atoms with Gasteiger partial charge in [0.05, 0.1) is 0 Å². The van der Waals surface area contributed by atoms with Crippen LogP contribution in [0.15, 0.2) is 18.3 Å². The molecule has 7 heteroatoms. The molecule has 4 N–H and O–H groups in total. The smallest absolute Gasteiger partial charge is 0.331 e. The second kappa shape index (κ2) is 4.68. The fourth-order valence-electron chi connectivity index (χ4n) is 1.97. The third kappa shape index (κ3) is 2.16. The molecule has 0 bridgehead atoms. The van der Waals surface area contributed by atoms with E-state index >= 15 is 0 Å². The Morgan fingerprint density at radius 1 is 1.35 bits per heavy atom. The summed E-state index contributed by atoms with van der Waals surface area (Å²) in [7, 11) is 0. The monoisotopic (exact) mass is 282 g/mol. The van der Waals surface area contributed by atoms with Crippen LogP contribution in [0.4, 0.5) is 8.78 Å². The van der Waals surface area contributed by atoms with Gasteiger partial charge in [0.1, 0.15) is 0 Å². The molecule has 2 aromatic rings. The number of carboxylic acids is 1. The first-order valence-corrected chi connectivity index (χ1v) is 5.74. The molecule has 1 aromatic carbocycles. The van der Waals surface area contributed by atoms with Crippen molar-refractivity contribution in [2.24, 2.45) is 5.73 Å². The fraction of sp³-hybridized carbons (Fsp3) is 0.231. The first-order chi connectivity index (χ1) is 9.25. The normalized spacial score (nSPS) is 14.2. The molecule has 1 heterocycles. The minimum atomic E-state index is -2.10. The number of nitrogens with two attached hydrogens (primary N) is 1. The Labute approximate surface area is 112 Å². The number of benzene rings is 1. The van der Waals surface area contributed by atoms with E-state index in [2.05, 4.69) is 4.98 Å². The summed E-state index contributed by atoms with van der Waals surface area (Å²) < 4.78 is 26.3. The topological polar surface area (TPSA) is 96.2 Å². The molecule has 1 atom stereocenters. The summed E-state index contributed by atoms with van der Waals surface area (Å²) in [5.41, 5.74) is 4.14. The lowest BCUT2D eigenvalue weighted by atomic mass is 9.88. The maximum absolute atomic E-state index is 13.3. The van der Waals surface area contributed by atoms with Crippen molar-refractivity contribution in [2.75, 3.05) is 0 Å². The van der Waals surface area contributed by atoms with Gasteiger partial charge in [-0.1, -0.05) is 0 Å². The maximum atomic E-state index is 13.3. The van der Waals surface area contributed by atoms with Crippen molar-refractivity contribution >= 4 is 22.7 Å². The molecule has 1 aromatic heterocycles. The molecule has 0 unspecified atom stereocenters. The number of nitrogens with one attached hydrogen (secondary N) is 1. The zero-order chi connectivity index (χ0) is 15.1. The van der Waals surface area contributed by atoms with Gasteiger partial charge in [-0.15, -0.1) is 0 Å². The van der Waals surface area contributed by atoms with Crippen molar-refractivity contribution in [3.05, 3.63) is 35.5 Å². The molecule has 0 fully saturated rings. The number of carbonyl (C=O) groups is 2. The Morgan fingerprint density at radius 3 is 2.50 bits per heavy atom. The first kappa shape index (κ1) is 14.1. The first-order valence-electron chi connectivity index (χ1n) is 5.74. The van der Waals surface area contributed by atoms with Crippen LogP contribution in [0.5, 0.6) is 0 Å². The van der Waals surface area contributed by atoms with E-state index in [1.54, 1.807) is 0 Å². The molecule has 0 aliphatic carbocycles. The van der Waals surface area contributed by atoms with Crippen LogP contribution in [-0.4, -0.2) is 27.4 Å². The van der Waals surface area contributed by atoms with Crippen molar-refractivity contribution in [1.29, 1.82) is 0 Å². The van der Waals surface area contributed by atoms with Gasteiger partial charge < -0.3 is 15.8 Å². The fourth-order valence-corrected chi connectivity index (χ4v) is 1.97. The summed E-state index contributed by atoms with van der Waals surface area (Å²) in [6.45, 7) is 1.07. The number of H-pyrrole nitrogens is 1. The second-order valence-corrected chi connectivity index (χ2v) is 4.64. The van der Waals surface area contributed by atoms with Crippen LogP contribution in [0.1, 0.15) is 12.5 Å². The molecule has 106 valence electrons. The third-order valence-electron chi connectivity index (χ3n) is 3.29. The van der Waals surface area contributed by atoms with Crippen LogP contribution in [0.2, 0.25) is 0 Å². The number of carboxylic acid groups (broad SMARTS) is 1. The highest BCUT2D eigenvalue weighted by atomic mass is 19.2. The minimum absolute atomic E-state index is 0.293. The summed E-state index contributed by atoms with van der Waals surface area (Å²) in [5.74, 6) is -4.27. The number of hydrogen-bond acceptors (Lipinski definition) is 3. The van der Waals surface area contributed by atoms with E-state index in [4.69, 9.17) is 10.8 Å². The standard InChI is InChI=1S/C13H12F2N2O3/c1-6(18)13(16,12(19)20)4-7-5-17-11-3-10(15)9(14)2-8(7)11/h2-3,5,17H,4,16H2,1H3,(H,19,20)/t13-/m1/s1. The average Bonchev–Trinajstić information content (AvgIpc) is 2.72. The van der Waals surface area contributed by atoms with E-state index in [0.717, 1.165) is 19.1 Å². The molecule has 0 saturated carbocycles. The number of carbonyl (C=O) groups excluding carboxylic acids is 1. The highest BCUT2D eigenvalue weighted by Crippen LogP contribution is 2.24. The van der Waals surface area contributed by atoms with Gasteiger partial charge in [0.15, 0.2) is 23.0 Å². The van der Waals surface area contributed by atoms with E-state index in [-0.39, 0.29) is 6.42 Å². The number of aromatic nitrogens is 1. The molecule has 0 amide bonds. The minimum Gasteiger partial charge on any atom is -0.480 e. The van der Waals surface area contributed by atoms with Gasteiger partial charge in [0.25, 0.3) is 0 Å². The number of hydrogen-bond donors (Lipinski definition) is 3. The summed E-state index contributed by atoms with van der Waals surface area (Å²) in [4.78, 5) is 25.3. The summed E-state index contributed by atoms with van der Waals surface area (Å²) >= 11 is 0. The lowest BCUT2D eigenvalue weighted by Crippen LogP contribution is -2.55. The zero-order valence-corrected chi connectivity index (χ0v) is 10.5. The van der Waals surface area contributed by atoms with Gasteiger partial charge in [0, 0.05) is 29.6 Å². The molecule has 0 aliphatic rings. The van der Waals surface area contributed by atoms with E-state index in [0.29, 0.717) is 16.5 Å². The number of Topliss-reactive ketones (excluding diaryl/α,β-unsaturated/α-hetero) is 1. The van der Waals surface area contributed by atoms with Crippen molar-refractivity contribution in [1.82, 2.24) is 4.98 Å². The molecule has 0 spiro atoms. The molecule has 0 saturated heterocycles. The van der Waals surface area contributed by atoms with E-state index in [9.17, 15) is 18.4 Å².